The maximum Gasteiger partial charge on any atom is 0.219 e. The Bertz CT molecular complexity index is 691. The summed E-state index contributed by atoms with van der Waals surface area (Å²) >= 11 is 4.92. The van der Waals surface area contributed by atoms with Gasteiger partial charge in [-0.3, -0.25) is 0 Å². The molecule has 3 rings (SSSR count). The van der Waals surface area contributed by atoms with Crippen molar-refractivity contribution in [1.82, 2.24) is 15.3 Å². The highest BCUT2D eigenvalue weighted by Gasteiger charge is 2.14. The van der Waals surface area contributed by atoms with E-state index in [-0.39, 0.29) is 16.5 Å². The minimum absolute atomic E-state index is 0.0192. The van der Waals surface area contributed by atoms with Crippen molar-refractivity contribution in [1.29, 1.82) is 0 Å². The summed E-state index contributed by atoms with van der Waals surface area (Å²) in [6.07, 6.45) is 1.39. The lowest BCUT2D eigenvalue weighted by Crippen LogP contribution is -2.29. The molecule has 1 fully saturated rings. The fourth-order valence-electron chi connectivity index (χ4n) is 1.63. The molecule has 1 saturated heterocycles. The predicted molar refractivity (Wildman–Crippen MR) is 94.6 cm³/mol. The summed E-state index contributed by atoms with van der Waals surface area (Å²) in [5, 5.41) is 3.40. The van der Waals surface area contributed by atoms with Gasteiger partial charge < -0.3 is 14.8 Å². The molecule has 0 atom stereocenters. The molecule has 10 heteroatoms. The second kappa shape index (κ2) is 9.73. The van der Waals surface area contributed by atoms with Gasteiger partial charge in [0.25, 0.3) is 0 Å². The first-order valence-electron chi connectivity index (χ1n) is 7.34. The van der Waals surface area contributed by atoms with Crippen molar-refractivity contribution in [2.75, 3.05) is 24.9 Å². The Hall–Kier alpha value is -1.65. The van der Waals surface area contributed by atoms with Gasteiger partial charge in [-0.15, -0.1) is 0 Å². The van der Waals surface area contributed by atoms with Crippen LogP contribution >= 0.6 is 24.6 Å². The first-order valence-corrected chi connectivity index (χ1v) is 8.77. The number of thioether (sulfide) groups is 1. The summed E-state index contributed by atoms with van der Waals surface area (Å²) in [5.74, 6) is -3.17. The monoisotopic (exact) mass is 390 g/mol. The van der Waals surface area contributed by atoms with Gasteiger partial charge in [0.15, 0.2) is 22.6 Å². The van der Waals surface area contributed by atoms with E-state index in [0.717, 1.165) is 17.8 Å². The van der Waals surface area contributed by atoms with Crippen molar-refractivity contribution < 1.29 is 17.9 Å². The highest BCUT2D eigenvalue weighted by atomic mass is 32.2. The number of benzene rings is 1. The van der Waals surface area contributed by atoms with Crippen molar-refractivity contribution in [3.63, 3.8) is 0 Å². The van der Waals surface area contributed by atoms with Crippen molar-refractivity contribution in [2.24, 2.45) is 0 Å². The molecule has 2 heterocycles. The smallest absolute Gasteiger partial charge is 0.219 e. The van der Waals surface area contributed by atoms with Crippen LogP contribution in [-0.2, 0) is 5.75 Å². The molecule has 136 valence electrons. The number of thiol groups is 1. The molecule has 1 aromatic heterocycles. The van der Waals surface area contributed by atoms with E-state index in [1.807, 2.05) is 0 Å². The minimum atomic E-state index is -1.49. The van der Waals surface area contributed by atoms with Crippen LogP contribution in [0.15, 0.2) is 23.4 Å². The Morgan fingerprint density at radius 1 is 1.24 bits per heavy atom. The standard InChI is InChI=1S/C12H10F3N3OS2.C3H7N/c1-19-9-4-8(18-20)16-12(17-9)21-5-6-2-3-7(13)11(15)10(6)14;1-2-4-3-1/h2-4,20H,5H2,1H3,(H,16,17,18);4H,1-3H2. The quantitative estimate of drug-likeness (QED) is 0.315. The molecule has 1 aliphatic rings. The average molecular weight is 390 g/mol. The second-order valence-electron chi connectivity index (χ2n) is 4.92. The van der Waals surface area contributed by atoms with E-state index in [1.165, 1.54) is 38.8 Å². The molecule has 0 aliphatic carbocycles. The van der Waals surface area contributed by atoms with Gasteiger partial charge in [0.05, 0.1) is 7.11 Å². The van der Waals surface area contributed by atoms with Crippen molar-refractivity contribution in [2.45, 2.75) is 17.3 Å². The number of methoxy groups -OCH3 is 1. The van der Waals surface area contributed by atoms with Crippen molar-refractivity contribution >= 4 is 30.4 Å². The summed E-state index contributed by atoms with van der Waals surface area (Å²) in [5.41, 5.74) is 0.0192. The lowest BCUT2D eigenvalue weighted by atomic mass is 10.2. The van der Waals surface area contributed by atoms with Gasteiger partial charge in [-0.25, -0.2) is 18.2 Å². The third kappa shape index (κ3) is 5.68. The van der Waals surface area contributed by atoms with Crippen LogP contribution in [0.25, 0.3) is 0 Å². The summed E-state index contributed by atoms with van der Waals surface area (Å²) in [4.78, 5) is 8.13. The number of hydrogen-bond donors (Lipinski definition) is 3. The van der Waals surface area contributed by atoms with Crippen LogP contribution in [0.1, 0.15) is 12.0 Å². The largest absolute Gasteiger partial charge is 0.481 e. The Morgan fingerprint density at radius 2 is 1.92 bits per heavy atom. The van der Waals surface area contributed by atoms with Gasteiger partial charge >= 0.3 is 0 Å². The lowest BCUT2D eigenvalue weighted by molar-refractivity contribution is 0.393. The molecular formula is C15H17F3N4OS2. The number of aromatic nitrogens is 2. The number of nitrogens with zero attached hydrogens (tertiary/aromatic N) is 2. The van der Waals surface area contributed by atoms with Crippen LogP contribution in [0.4, 0.5) is 19.0 Å². The number of hydrogen-bond acceptors (Lipinski definition) is 7. The maximum absolute atomic E-state index is 13.5. The topological polar surface area (TPSA) is 59.1 Å². The highest BCUT2D eigenvalue weighted by Crippen LogP contribution is 2.26. The molecule has 1 aliphatic heterocycles. The maximum atomic E-state index is 13.5. The van der Waals surface area contributed by atoms with Gasteiger partial charge in [-0.1, -0.05) is 30.6 Å². The van der Waals surface area contributed by atoms with Crippen molar-refractivity contribution in [3.8, 4) is 5.88 Å². The molecule has 0 saturated carbocycles. The first-order chi connectivity index (χ1) is 12.0. The predicted octanol–water partition coefficient (Wildman–Crippen LogP) is 3.43. The van der Waals surface area contributed by atoms with Crippen molar-refractivity contribution in [3.05, 3.63) is 41.2 Å². The van der Waals surface area contributed by atoms with Gasteiger partial charge in [-0.05, 0) is 25.6 Å². The van der Waals surface area contributed by atoms with E-state index in [2.05, 4.69) is 32.8 Å². The lowest BCUT2D eigenvalue weighted by Gasteiger charge is -2.09. The Kier molecular flexibility index (Phi) is 7.66. The SMILES string of the molecule is C1CNC1.COc1cc(NS)nc(SCc2ccc(F)c(F)c2F)n1. The summed E-state index contributed by atoms with van der Waals surface area (Å²) < 4.78 is 47.0. The molecule has 25 heavy (non-hydrogen) atoms. The van der Waals surface area contributed by atoms with Crippen LogP contribution in [-0.4, -0.2) is 30.2 Å². The Labute approximate surface area is 153 Å². The van der Waals surface area contributed by atoms with Crippen LogP contribution in [0, 0.1) is 17.5 Å². The molecule has 2 aromatic rings. The molecular weight excluding hydrogens is 373 g/mol. The summed E-state index contributed by atoms with van der Waals surface area (Å²) in [6, 6.07) is 3.58. The number of ether oxygens (including phenoxy) is 1. The highest BCUT2D eigenvalue weighted by molar-refractivity contribution is 7.98. The first kappa shape index (κ1) is 19.7. The van der Waals surface area contributed by atoms with Crippen LogP contribution in [0.3, 0.4) is 0 Å². The minimum Gasteiger partial charge on any atom is -0.481 e. The second-order valence-corrected chi connectivity index (χ2v) is 6.08. The van der Waals surface area contributed by atoms with E-state index in [1.54, 1.807) is 0 Å². The fraction of sp³-hybridized carbons (Fsp3) is 0.333. The zero-order valence-corrected chi connectivity index (χ0v) is 15.1. The Morgan fingerprint density at radius 3 is 2.48 bits per heavy atom. The van der Waals surface area contributed by atoms with E-state index in [0.29, 0.717) is 11.7 Å². The molecule has 0 spiro atoms. The molecule has 0 unspecified atom stereocenters. The summed E-state index contributed by atoms with van der Waals surface area (Å²) in [6.45, 7) is 2.50. The van der Waals surface area contributed by atoms with E-state index in [4.69, 9.17) is 4.74 Å². The van der Waals surface area contributed by atoms with Gasteiger partial charge in [0.1, 0.15) is 5.82 Å². The molecule has 1 aromatic carbocycles. The zero-order valence-electron chi connectivity index (χ0n) is 13.4. The normalized spacial score (nSPS) is 12.7. The van der Waals surface area contributed by atoms with Crippen LogP contribution in [0.2, 0.25) is 0 Å². The molecule has 2 N–H and O–H groups in total. The van der Waals surface area contributed by atoms with E-state index >= 15 is 0 Å². The molecule has 5 nitrogen and oxygen atoms in total. The van der Waals surface area contributed by atoms with Gasteiger partial charge in [-0.2, -0.15) is 4.98 Å². The fourth-order valence-corrected chi connectivity index (χ4v) is 2.57. The third-order valence-electron chi connectivity index (χ3n) is 3.18. The van der Waals surface area contributed by atoms with Gasteiger partial charge in [0.2, 0.25) is 5.88 Å². The third-order valence-corrected chi connectivity index (χ3v) is 4.31. The van der Waals surface area contributed by atoms with Crippen LogP contribution < -0.4 is 14.8 Å². The summed E-state index contributed by atoms with van der Waals surface area (Å²) in [7, 11) is 1.44. The van der Waals surface area contributed by atoms with E-state index < -0.39 is 17.5 Å². The molecule has 0 radical (unpaired) electrons. The zero-order chi connectivity index (χ0) is 18.2. The van der Waals surface area contributed by atoms with E-state index in [9.17, 15) is 13.2 Å². The Balaban J connectivity index is 0.000000493. The number of nitrogens with one attached hydrogen (secondary N) is 2. The average Bonchev–Trinajstić information content (AvgIpc) is 2.57. The number of anilines is 1. The molecule has 0 bridgehead atoms. The molecule has 0 amide bonds. The van der Waals surface area contributed by atoms with Crippen LogP contribution in [0.5, 0.6) is 5.88 Å². The van der Waals surface area contributed by atoms with Gasteiger partial charge in [0, 0.05) is 17.4 Å². The number of rotatable bonds is 5. The number of halogens is 3.